The molecule has 0 radical (unpaired) electrons. The van der Waals surface area contributed by atoms with Gasteiger partial charge in [-0.1, -0.05) is 12.1 Å². The van der Waals surface area contributed by atoms with Crippen molar-refractivity contribution >= 4 is 16.9 Å². The van der Waals surface area contributed by atoms with E-state index in [-0.39, 0.29) is 0 Å². The molecule has 2 heterocycles. The average Bonchev–Trinajstić information content (AvgIpc) is 2.87. The van der Waals surface area contributed by atoms with Gasteiger partial charge in [0.05, 0.1) is 16.7 Å². The van der Waals surface area contributed by atoms with Gasteiger partial charge in [-0.2, -0.15) is 10.4 Å². The highest BCUT2D eigenvalue weighted by atomic mass is 15.2. The van der Waals surface area contributed by atoms with Gasteiger partial charge in [-0.15, -0.1) is 5.10 Å². The number of nitriles is 1. The third kappa shape index (κ3) is 2.73. The Kier molecular flexibility index (Phi) is 3.94. The van der Waals surface area contributed by atoms with Crippen LogP contribution in [0.3, 0.4) is 0 Å². The van der Waals surface area contributed by atoms with Crippen LogP contribution in [0.1, 0.15) is 22.6 Å². The van der Waals surface area contributed by atoms with Crippen molar-refractivity contribution in [3.8, 4) is 6.07 Å². The number of rotatable bonds is 4. The number of hydrogen-bond acceptors (Lipinski definition) is 5. The van der Waals surface area contributed by atoms with Gasteiger partial charge in [-0.05, 0) is 38.5 Å². The fraction of sp³-hybridized carbons (Fsp3) is 0.294. The zero-order valence-corrected chi connectivity index (χ0v) is 13.5. The monoisotopic (exact) mass is 306 g/mol. The van der Waals surface area contributed by atoms with Crippen molar-refractivity contribution in [2.24, 2.45) is 0 Å². The van der Waals surface area contributed by atoms with E-state index in [1.807, 2.05) is 39.0 Å². The van der Waals surface area contributed by atoms with E-state index in [1.165, 1.54) is 0 Å². The summed E-state index contributed by atoms with van der Waals surface area (Å²) < 4.78 is 2.16. The summed E-state index contributed by atoms with van der Waals surface area (Å²) in [5, 5.41) is 20.7. The third-order valence-corrected chi connectivity index (χ3v) is 4.04. The Morgan fingerprint density at radius 1 is 1.17 bits per heavy atom. The molecule has 0 bridgehead atoms. The number of aromatic nitrogens is 4. The topological polar surface area (TPSA) is 79.4 Å². The van der Waals surface area contributed by atoms with E-state index >= 15 is 0 Å². The summed E-state index contributed by atoms with van der Waals surface area (Å²) >= 11 is 0. The lowest BCUT2D eigenvalue weighted by atomic mass is 10.1. The van der Waals surface area contributed by atoms with Crippen LogP contribution in [0.25, 0.3) is 11.0 Å². The molecular formula is C17H18N6. The van der Waals surface area contributed by atoms with Gasteiger partial charge in [0.25, 0.3) is 0 Å². The molecular weight excluding hydrogens is 288 g/mol. The molecule has 2 aromatic heterocycles. The molecule has 0 fully saturated rings. The van der Waals surface area contributed by atoms with Crippen LogP contribution in [0.15, 0.2) is 24.3 Å². The summed E-state index contributed by atoms with van der Waals surface area (Å²) in [5.41, 5.74) is 4.31. The minimum atomic E-state index is 0.540. The highest BCUT2D eigenvalue weighted by Crippen LogP contribution is 2.18. The van der Waals surface area contributed by atoms with E-state index in [1.54, 1.807) is 0 Å². The van der Waals surface area contributed by atoms with Crippen LogP contribution in [0.2, 0.25) is 0 Å². The number of aryl methyl sites for hydroxylation is 2. The van der Waals surface area contributed by atoms with Crippen LogP contribution in [0.4, 0.5) is 5.82 Å². The first-order valence-corrected chi connectivity index (χ1v) is 7.51. The van der Waals surface area contributed by atoms with Gasteiger partial charge >= 0.3 is 0 Å². The number of fused-ring (bicyclic) bond motifs is 1. The number of anilines is 1. The zero-order valence-electron chi connectivity index (χ0n) is 13.5. The Balaban J connectivity index is 1.79. The lowest BCUT2D eigenvalue weighted by molar-refractivity contribution is 0.718. The molecule has 0 spiro atoms. The zero-order chi connectivity index (χ0) is 16.4. The van der Waals surface area contributed by atoms with Gasteiger partial charge in [-0.25, -0.2) is 4.98 Å². The minimum absolute atomic E-state index is 0.540. The summed E-state index contributed by atoms with van der Waals surface area (Å²) in [6, 6.07) is 10.3. The smallest absolute Gasteiger partial charge is 0.166 e. The van der Waals surface area contributed by atoms with Crippen LogP contribution >= 0.6 is 0 Å². The number of imidazole rings is 1. The Morgan fingerprint density at radius 2 is 1.96 bits per heavy atom. The number of hydrogen-bond donors (Lipinski definition) is 1. The molecule has 6 heteroatoms. The molecule has 0 aliphatic rings. The van der Waals surface area contributed by atoms with Gasteiger partial charge in [-0.3, -0.25) is 0 Å². The van der Waals surface area contributed by atoms with Crippen LogP contribution in [0.5, 0.6) is 0 Å². The third-order valence-electron chi connectivity index (χ3n) is 4.04. The van der Waals surface area contributed by atoms with E-state index < -0.39 is 0 Å². The molecule has 0 unspecified atom stereocenters. The molecule has 0 saturated heterocycles. The highest BCUT2D eigenvalue weighted by molar-refractivity contribution is 5.75. The maximum atomic E-state index is 9.32. The van der Waals surface area contributed by atoms with Gasteiger partial charge in [0.1, 0.15) is 17.5 Å². The second-order valence-corrected chi connectivity index (χ2v) is 5.47. The van der Waals surface area contributed by atoms with E-state index in [2.05, 4.69) is 37.2 Å². The van der Waals surface area contributed by atoms with E-state index in [4.69, 9.17) is 0 Å². The predicted molar refractivity (Wildman–Crippen MR) is 89.2 cm³/mol. The summed E-state index contributed by atoms with van der Waals surface area (Å²) in [6.07, 6.45) is 0. The van der Waals surface area contributed by atoms with Gasteiger partial charge in [0, 0.05) is 13.1 Å². The van der Waals surface area contributed by atoms with E-state index in [9.17, 15) is 5.26 Å². The maximum absolute atomic E-state index is 9.32. The second-order valence-electron chi connectivity index (χ2n) is 5.47. The van der Waals surface area contributed by atoms with Crippen molar-refractivity contribution in [3.63, 3.8) is 0 Å². The van der Waals surface area contributed by atoms with Gasteiger partial charge < -0.3 is 9.88 Å². The lowest BCUT2D eigenvalue weighted by Crippen LogP contribution is -2.14. The van der Waals surface area contributed by atoms with Crippen LogP contribution in [-0.2, 0) is 6.54 Å². The van der Waals surface area contributed by atoms with Crippen molar-refractivity contribution in [3.05, 3.63) is 46.9 Å². The van der Waals surface area contributed by atoms with Crippen molar-refractivity contribution in [2.75, 3.05) is 11.9 Å². The average molecular weight is 306 g/mol. The molecule has 116 valence electrons. The summed E-state index contributed by atoms with van der Waals surface area (Å²) in [7, 11) is 0. The molecule has 23 heavy (non-hydrogen) atoms. The Bertz CT molecular complexity index is 903. The quantitative estimate of drug-likeness (QED) is 0.801. The maximum Gasteiger partial charge on any atom is 0.166 e. The Morgan fingerprint density at radius 3 is 2.74 bits per heavy atom. The summed E-state index contributed by atoms with van der Waals surface area (Å²) in [6.45, 7) is 7.13. The fourth-order valence-electron chi connectivity index (χ4n) is 2.63. The standard InChI is InChI=1S/C17H18N6/c1-11-12(2)21-22-17(14(11)10-18)19-8-9-23-13(3)20-15-6-4-5-7-16(15)23/h4-7H,8-9H2,1-3H3,(H,19,22). The van der Waals surface area contributed by atoms with Crippen molar-refractivity contribution in [1.82, 2.24) is 19.7 Å². The number of benzene rings is 1. The first-order valence-electron chi connectivity index (χ1n) is 7.51. The first kappa shape index (κ1) is 15.0. The predicted octanol–water partition coefficient (Wildman–Crippen LogP) is 2.74. The molecule has 0 aliphatic heterocycles. The molecule has 3 aromatic rings. The van der Waals surface area contributed by atoms with E-state index in [0.717, 1.165) is 34.7 Å². The van der Waals surface area contributed by atoms with Crippen LogP contribution < -0.4 is 5.32 Å². The largest absolute Gasteiger partial charge is 0.366 e. The molecule has 0 amide bonds. The first-order chi connectivity index (χ1) is 11.1. The molecule has 0 aliphatic carbocycles. The normalized spacial score (nSPS) is 10.7. The van der Waals surface area contributed by atoms with Gasteiger partial charge in [0.15, 0.2) is 5.82 Å². The SMILES string of the molecule is Cc1nnc(NCCn2c(C)nc3ccccc32)c(C#N)c1C. The summed E-state index contributed by atoms with van der Waals surface area (Å²) in [4.78, 5) is 4.55. The van der Waals surface area contributed by atoms with Crippen LogP contribution in [0, 0.1) is 32.1 Å². The highest BCUT2D eigenvalue weighted by Gasteiger charge is 2.11. The number of para-hydroxylation sites is 2. The van der Waals surface area contributed by atoms with E-state index in [0.29, 0.717) is 17.9 Å². The molecule has 6 nitrogen and oxygen atoms in total. The molecule has 1 N–H and O–H groups in total. The molecule has 0 atom stereocenters. The molecule has 3 rings (SSSR count). The molecule has 1 aromatic carbocycles. The number of nitrogens with zero attached hydrogens (tertiary/aromatic N) is 5. The van der Waals surface area contributed by atoms with Gasteiger partial charge in [0.2, 0.25) is 0 Å². The summed E-state index contributed by atoms with van der Waals surface area (Å²) in [5.74, 6) is 1.51. The second kappa shape index (κ2) is 6.05. The minimum Gasteiger partial charge on any atom is -0.366 e. The Hall–Kier alpha value is -2.94. The van der Waals surface area contributed by atoms with Crippen molar-refractivity contribution in [2.45, 2.75) is 27.3 Å². The van der Waals surface area contributed by atoms with Crippen molar-refractivity contribution in [1.29, 1.82) is 5.26 Å². The van der Waals surface area contributed by atoms with Crippen molar-refractivity contribution < 1.29 is 0 Å². The number of nitrogens with one attached hydrogen (secondary N) is 1. The Labute approximate surface area is 134 Å². The lowest BCUT2D eigenvalue weighted by Gasteiger charge is -2.11. The van der Waals surface area contributed by atoms with Crippen LogP contribution in [-0.4, -0.2) is 26.3 Å². The fourth-order valence-corrected chi connectivity index (χ4v) is 2.63. The molecule has 0 saturated carbocycles.